The van der Waals surface area contributed by atoms with Crippen LogP contribution in [0.15, 0.2) is 24.5 Å². The van der Waals surface area contributed by atoms with E-state index in [9.17, 15) is 0 Å². The highest BCUT2D eigenvalue weighted by atomic mass is 35.5. The highest BCUT2D eigenvalue weighted by Gasteiger charge is 2.17. The van der Waals surface area contributed by atoms with Crippen molar-refractivity contribution in [1.82, 2.24) is 9.97 Å². The maximum atomic E-state index is 6.26. The number of fused-ring (bicyclic) bond motifs is 1. The Labute approximate surface area is 131 Å². The fourth-order valence-electron chi connectivity index (χ4n) is 2.35. The third kappa shape index (κ3) is 2.32. The van der Waals surface area contributed by atoms with Crippen molar-refractivity contribution in [3.05, 3.63) is 34.6 Å². The van der Waals surface area contributed by atoms with Gasteiger partial charge in [0, 0.05) is 10.4 Å². The molecule has 3 rings (SSSR count). The van der Waals surface area contributed by atoms with Crippen LogP contribution in [-0.2, 0) is 0 Å². The molecule has 3 aromatic rings. The Morgan fingerprint density at radius 3 is 2.57 bits per heavy atom. The smallest absolute Gasteiger partial charge is 0.161 e. The summed E-state index contributed by atoms with van der Waals surface area (Å²) in [5, 5.41) is 1.35. The molecule has 0 amide bonds. The Kier molecular flexibility index (Phi) is 3.69. The first kappa shape index (κ1) is 14.1. The van der Waals surface area contributed by atoms with Gasteiger partial charge in [0.15, 0.2) is 11.5 Å². The first-order valence-electron chi connectivity index (χ1n) is 6.27. The first-order chi connectivity index (χ1) is 10.2. The van der Waals surface area contributed by atoms with Gasteiger partial charge in [-0.25, -0.2) is 9.97 Å². The molecule has 6 heteroatoms. The molecule has 4 nitrogen and oxygen atoms in total. The third-order valence-corrected chi connectivity index (χ3v) is 4.59. The lowest BCUT2D eigenvalue weighted by atomic mass is 10.0. The summed E-state index contributed by atoms with van der Waals surface area (Å²) in [6.07, 6.45) is 1.49. The molecule has 2 aromatic heterocycles. The van der Waals surface area contributed by atoms with Crippen molar-refractivity contribution >= 4 is 33.2 Å². The van der Waals surface area contributed by atoms with Crippen LogP contribution in [0.4, 0.5) is 0 Å². The molecule has 0 radical (unpaired) electrons. The Bertz CT molecular complexity index is 817. The molecule has 0 aliphatic heterocycles. The van der Waals surface area contributed by atoms with E-state index in [4.69, 9.17) is 21.1 Å². The number of benzene rings is 1. The summed E-state index contributed by atoms with van der Waals surface area (Å²) >= 11 is 7.86. The summed E-state index contributed by atoms with van der Waals surface area (Å²) in [4.78, 5) is 10.4. The minimum Gasteiger partial charge on any atom is -0.493 e. The second kappa shape index (κ2) is 5.50. The van der Waals surface area contributed by atoms with Crippen LogP contribution < -0.4 is 9.47 Å². The highest BCUT2D eigenvalue weighted by Crippen LogP contribution is 2.42. The molecule has 0 saturated carbocycles. The standard InChI is InChI=1S/C15H13ClN2O2S/c1-8-12(13-14(16)17-7-18-15(13)21-8)9-4-5-10(19-2)11(6-9)20-3/h4-7H,1-3H3. The molecule has 1 aromatic carbocycles. The van der Waals surface area contributed by atoms with Crippen LogP contribution in [0.1, 0.15) is 4.88 Å². The summed E-state index contributed by atoms with van der Waals surface area (Å²) in [7, 11) is 3.24. The fraction of sp³-hybridized carbons (Fsp3) is 0.200. The SMILES string of the molecule is COc1ccc(-c2c(C)sc3ncnc(Cl)c23)cc1OC. The van der Waals surface area contributed by atoms with Crippen molar-refractivity contribution in [2.24, 2.45) is 0 Å². The van der Waals surface area contributed by atoms with Gasteiger partial charge in [0.1, 0.15) is 16.3 Å². The lowest BCUT2D eigenvalue weighted by molar-refractivity contribution is 0.355. The molecule has 0 spiro atoms. The van der Waals surface area contributed by atoms with E-state index >= 15 is 0 Å². The Morgan fingerprint density at radius 2 is 1.86 bits per heavy atom. The molecular weight excluding hydrogens is 308 g/mol. The van der Waals surface area contributed by atoms with Crippen molar-refractivity contribution in [3.63, 3.8) is 0 Å². The van der Waals surface area contributed by atoms with Crippen LogP contribution in [0.25, 0.3) is 21.3 Å². The number of aryl methyl sites for hydroxylation is 1. The molecule has 0 saturated heterocycles. The zero-order valence-corrected chi connectivity index (χ0v) is 13.4. The van der Waals surface area contributed by atoms with Gasteiger partial charge < -0.3 is 9.47 Å². The Hall–Kier alpha value is -1.85. The summed E-state index contributed by atoms with van der Waals surface area (Å²) in [6, 6.07) is 5.81. The average Bonchev–Trinajstić information content (AvgIpc) is 2.84. The first-order valence-corrected chi connectivity index (χ1v) is 7.47. The predicted octanol–water partition coefficient (Wildman–Crippen LogP) is 4.34. The van der Waals surface area contributed by atoms with Crippen LogP contribution in [0.5, 0.6) is 11.5 Å². The summed E-state index contributed by atoms with van der Waals surface area (Å²) in [5.41, 5.74) is 2.05. The summed E-state index contributed by atoms with van der Waals surface area (Å²) in [5.74, 6) is 1.38. The topological polar surface area (TPSA) is 44.2 Å². The van der Waals surface area contributed by atoms with Gasteiger partial charge in [-0.2, -0.15) is 0 Å². The van der Waals surface area contributed by atoms with Crippen molar-refractivity contribution in [2.45, 2.75) is 6.92 Å². The molecular formula is C15H13ClN2O2S. The number of hydrogen-bond donors (Lipinski definition) is 0. The van der Waals surface area contributed by atoms with E-state index in [-0.39, 0.29) is 0 Å². The summed E-state index contributed by atoms with van der Waals surface area (Å²) in [6.45, 7) is 2.05. The molecule has 0 aliphatic rings. The second-order valence-electron chi connectivity index (χ2n) is 4.45. The Balaban J connectivity index is 2.28. The summed E-state index contributed by atoms with van der Waals surface area (Å²) < 4.78 is 10.6. The number of thiophene rings is 1. The monoisotopic (exact) mass is 320 g/mol. The molecule has 108 valence electrons. The van der Waals surface area contributed by atoms with E-state index in [0.717, 1.165) is 26.2 Å². The van der Waals surface area contributed by atoms with Crippen LogP contribution >= 0.6 is 22.9 Å². The van der Waals surface area contributed by atoms with E-state index in [2.05, 4.69) is 16.9 Å². The maximum Gasteiger partial charge on any atom is 0.161 e. The molecule has 2 heterocycles. The van der Waals surface area contributed by atoms with Crippen molar-refractivity contribution in [1.29, 1.82) is 0 Å². The van der Waals surface area contributed by atoms with Crippen LogP contribution in [0, 0.1) is 6.92 Å². The van der Waals surface area contributed by atoms with Gasteiger partial charge in [0.25, 0.3) is 0 Å². The largest absolute Gasteiger partial charge is 0.493 e. The zero-order valence-electron chi connectivity index (χ0n) is 11.8. The van der Waals surface area contributed by atoms with E-state index in [1.165, 1.54) is 6.33 Å². The number of nitrogens with zero attached hydrogens (tertiary/aromatic N) is 2. The molecule has 0 fully saturated rings. The highest BCUT2D eigenvalue weighted by molar-refractivity contribution is 7.19. The van der Waals surface area contributed by atoms with Crippen LogP contribution in [-0.4, -0.2) is 24.2 Å². The van der Waals surface area contributed by atoms with Gasteiger partial charge in [-0.05, 0) is 24.6 Å². The van der Waals surface area contributed by atoms with Gasteiger partial charge in [-0.15, -0.1) is 11.3 Å². The van der Waals surface area contributed by atoms with E-state index in [0.29, 0.717) is 16.7 Å². The molecule has 0 N–H and O–H groups in total. The van der Waals surface area contributed by atoms with Crippen molar-refractivity contribution in [2.75, 3.05) is 14.2 Å². The normalized spacial score (nSPS) is 10.9. The maximum absolute atomic E-state index is 6.26. The van der Waals surface area contributed by atoms with Gasteiger partial charge in [-0.3, -0.25) is 0 Å². The number of hydrogen-bond acceptors (Lipinski definition) is 5. The van der Waals surface area contributed by atoms with Crippen LogP contribution in [0.3, 0.4) is 0 Å². The predicted molar refractivity (Wildman–Crippen MR) is 85.7 cm³/mol. The van der Waals surface area contributed by atoms with Gasteiger partial charge in [-0.1, -0.05) is 17.7 Å². The lowest BCUT2D eigenvalue weighted by Gasteiger charge is -2.10. The van der Waals surface area contributed by atoms with E-state index in [1.807, 2.05) is 18.2 Å². The Morgan fingerprint density at radius 1 is 1.10 bits per heavy atom. The molecule has 21 heavy (non-hydrogen) atoms. The number of ether oxygens (including phenoxy) is 2. The fourth-order valence-corrected chi connectivity index (χ4v) is 3.64. The molecule has 0 unspecified atom stereocenters. The minimum atomic E-state index is 0.467. The van der Waals surface area contributed by atoms with Gasteiger partial charge in [0.2, 0.25) is 0 Å². The van der Waals surface area contributed by atoms with Crippen molar-refractivity contribution < 1.29 is 9.47 Å². The van der Waals surface area contributed by atoms with Crippen molar-refractivity contribution in [3.8, 4) is 22.6 Å². The van der Waals surface area contributed by atoms with E-state index < -0.39 is 0 Å². The quantitative estimate of drug-likeness (QED) is 0.673. The molecule has 0 aliphatic carbocycles. The minimum absolute atomic E-state index is 0.467. The second-order valence-corrected chi connectivity index (χ2v) is 6.01. The molecule has 0 bridgehead atoms. The van der Waals surface area contributed by atoms with Crippen LogP contribution in [0.2, 0.25) is 5.15 Å². The number of aromatic nitrogens is 2. The average molecular weight is 321 g/mol. The zero-order chi connectivity index (χ0) is 15.0. The van der Waals surface area contributed by atoms with E-state index in [1.54, 1.807) is 25.6 Å². The third-order valence-electron chi connectivity index (χ3n) is 3.29. The van der Waals surface area contributed by atoms with Gasteiger partial charge in [0.05, 0.1) is 19.6 Å². The lowest BCUT2D eigenvalue weighted by Crippen LogP contribution is -1.91. The number of rotatable bonds is 3. The number of methoxy groups -OCH3 is 2. The number of halogens is 1. The van der Waals surface area contributed by atoms with Gasteiger partial charge >= 0.3 is 0 Å². The molecule has 0 atom stereocenters.